The van der Waals surface area contributed by atoms with Crippen LogP contribution in [0.5, 0.6) is 11.5 Å². The molecule has 0 saturated carbocycles. The minimum absolute atomic E-state index is 0.0443. The van der Waals surface area contributed by atoms with Gasteiger partial charge < -0.3 is 24.3 Å². The van der Waals surface area contributed by atoms with Crippen molar-refractivity contribution in [1.29, 1.82) is 0 Å². The number of rotatable bonds is 8. The van der Waals surface area contributed by atoms with Crippen molar-refractivity contribution >= 4 is 17.0 Å². The first kappa shape index (κ1) is 19.5. The van der Waals surface area contributed by atoms with Crippen molar-refractivity contribution < 1.29 is 24.5 Å². The molecule has 4 rings (SSSR count). The molecule has 0 spiro atoms. The molecule has 0 amide bonds. The lowest BCUT2D eigenvalue weighted by atomic mass is 10.1. The molecular formula is C21H20N4O5. The average Bonchev–Trinajstić information content (AvgIpc) is 3.39. The first-order chi connectivity index (χ1) is 14.6. The van der Waals surface area contributed by atoms with Crippen LogP contribution in [0.15, 0.2) is 55.1 Å². The van der Waals surface area contributed by atoms with E-state index in [1.807, 2.05) is 39.6 Å². The van der Waals surface area contributed by atoms with Gasteiger partial charge in [0.1, 0.15) is 5.82 Å². The zero-order chi connectivity index (χ0) is 21.1. The standard InChI is InChI=1S/C21H20N4O5/c1-29-18-5-2-14(10-19(18)30-12-20(27)28)21-22-6-7-25(21)15-3-4-17-16(11-15)23-13-24(17)8-9-26/h2-7,10-11,13,26H,8-9,12H2,1H3,(H,27,28). The van der Waals surface area contributed by atoms with Gasteiger partial charge in [-0.1, -0.05) is 0 Å². The van der Waals surface area contributed by atoms with Crippen LogP contribution in [-0.2, 0) is 11.3 Å². The van der Waals surface area contributed by atoms with Crippen molar-refractivity contribution in [3.8, 4) is 28.6 Å². The molecule has 0 radical (unpaired) electrons. The van der Waals surface area contributed by atoms with Crippen LogP contribution in [0.4, 0.5) is 0 Å². The molecule has 0 aliphatic carbocycles. The number of nitrogens with zero attached hydrogens (tertiary/aromatic N) is 4. The summed E-state index contributed by atoms with van der Waals surface area (Å²) in [4.78, 5) is 19.7. The highest BCUT2D eigenvalue weighted by Crippen LogP contribution is 2.33. The van der Waals surface area contributed by atoms with E-state index in [1.165, 1.54) is 7.11 Å². The molecule has 0 atom stereocenters. The summed E-state index contributed by atoms with van der Waals surface area (Å²) in [5.74, 6) is 0.351. The summed E-state index contributed by atoms with van der Waals surface area (Å²) in [6.45, 7) is 0.0567. The number of ether oxygens (including phenoxy) is 2. The Labute approximate surface area is 171 Å². The van der Waals surface area contributed by atoms with Crippen molar-refractivity contribution in [2.24, 2.45) is 0 Å². The normalized spacial score (nSPS) is 11.0. The molecule has 9 nitrogen and oxygen atoms in total. The van der Waals surface area contributed by atoms with Gasteiger partial charge >= 0.3 is 5.97 Å². The number of fused-ring (bicyclic) bond motifs is 1. The molecule has 0 saturated heterocycles. The minimum atomic E-state index is -1.07. The van der Waals surface area contributed by atoms with Crippen LogP contribution < -0.4 is 9.47 Å². The highest BCUT2D eigenvalue weighted by atomic mass is 16.5. The largest absolute Gasteiger partial charge is 0.493 e. The van der Waals surface area contributed by atoms with E-state index in [9.17, 15) is 9.90 Å². The number of aliphatic carboxylic acids is 1. The molecule has 0 fully saturated rings. The SMILES string of the molecule is COc1ccc(-c2nccn2-c2ccc3c(c2)ncn3CCO)cc1OCC(=O)O. The zero-order valence-electron chi connectivity index (χ0n) is 16.2. The number of benzene rings is 2. The van der Waals surface area contributed by atoms with Crippen LogP contribution in [0.2, 0.25) is 0 Å². The Kier molecular flexibility index (Phi) is 5.36. The quantitative estimate of drug-likeness (QED) is 0.460. The maximum Gasteiger partial charge on any atom is 0.341 e. The summed E-state index contributed by atoms with van der Waals surface area (Å²) in [6.07, 6.45) is 5.23. The molecule has 0 bridgehead atoms. The van der Waals surface area contributed by atoms with Crippen LogP contribution >= 0.6 is 0 Å². The zero-order valence-corrected chi connectivity index (χ0v) is 16.2. The molecule has 0 aliphatic rings. The fraction of sp³-hybridized carbons (Fsp3) is 0.190. The van der Waals surface area contributed by atoms with Gasteiger partial charge in [-0.15, -0.1) is 0 Å². The number of carbonyl (C=O) groups is 1. The molecule has 2 heterocycles. The van der Waals surface area contributed by atoms with Crippen molar-refractivity contribution in [3.63, 3.8) is 0 Å². The minimum Gasteiger partial charge on any atom is -0.493 e. The number of aliphatic hydroxyl groups is 1. The lowest BCUT2D eigenvalue weighted by Gasteiger charge is -2.12. The van der Waals surface area contributed by atoms with Gasteiger partial charge in [0.05, 0.1) is 31.1 Å². The highest BCUT2D eigenvalue weighted by Gasteiger charge is 2.14. The van der Waals surface area contributed by atoms with Crippen molar-refractivity contribution in [1.82, 2.24) is 19.1 Å². The van der Waals surface area contributed by atoms with E-state index in [0.29, 0.717) is 23.9 Å². The van der Waals surface area contributed by atoms with E-state index in [-0.39, 0.29) is 6.61 Å². The number of aromatic nitrogens is 4. The van der Waals surface area contributed by atoms with Gasteiger partial charge in [0.25, 0.3) is 0 Å². The molecule has 154 valence electrons. The molecule has 9 heteroatoms. The van der Waals surface area contributed by atoms with Crippen LogP contribution in [0.3, 0.4) is 0 Å². The van der Waals surface area contributed by atoms with Gasteiger partial charge in [-0.25, -0.2) is 14.8 Å². The second-order valence-electron chi connectivity index (χ2n) is 6.50. The van der Waals surface area contributed by atoms with Crippen LogP contribution in [0.25, 0.3) is 28.1 Å². The van der Waals surface area contributed by atoms with Crippen LogP contribution in [0.1, 0.15) is 0 Å². The number of aliphatic hydroxyl groups excluding tert-OH is 1. The summed E-state index contributed by atoms with van der Waals surface area (Å²) in [5.41, 5.74) is 3.35. The van der Waals surface area contributed by atoms with Gasteiger partial charge in [0.2, 0.25) is 0 Å². The lowest BCUT2D eigenvalue weighted by Crippen LogP contribution is -2.10. The Bertz CT molecular complexity index is 1200. The maximum absolute atomic E-state index is 10.9. The molecular weight excluding hydrogens is 388 g/mol. The predicted molar refractivity (Wildman–Crippen MR) is 109 cm³/mol. The molecule has 0 aliphatic heterocycles. The highest BCUT2D eigenvalue weighted by molar-refractivity contribution is 5.78. The van der Waals surface area contributed by atoms with E-state index in [4.69, 9.17) is 14.6 Å². The number of carboxylic acids is 1. The predicted octanol–water partition coefficient (Wildman–Crippen LogP) is 2.35. The summed E-state index contributed by atoms with van der Waals surface area (Å²) in [5, 5.41) is 18.1. The number of carboxylic acid groups (broad SMARTS) is 1. The summed E-state index contributed by atoms with van der Waals surface area (Å²) in [6, 6.07) is 11.1. The van der Waals surface area contributed by atoms with Gasteiger partial charge in [-0.3, -0.25) is 4.57 Å². The third-order valence-electron chi connectivity index (χ3n) is 4.64. The fourth-order valence-electron chi connectivity index (χ4n) is 3.28. The summed E-state index contributed by atoms with van der Waals surface area (Å²) in [7, 11) is 1.49. The molecule has 4 aromatic rings. The van der Waals surface area contributed by atoms with Gasteiger partial charge in [0.15, 0.2) is 18.1 Å². The van der Waals surface area contributed by atoms with Crippen LogP contribution in [-0.4, -0.2) is 55.6 Å². The monoisotopic (exact) mass is 408 g/mol. The molecule has 2 aromatic heterocycles. The Hall–Kier alpha value is -3.85. The first-order valence-electron chi connectivity index (χ1n) is 9.23. The van der Waals surface area contributed by atoms with Crippen molar-refractivity contribution in [2.75, 3.05) is 20.3 Å². The Morgan fingerprint density at radius 2 is 2.00 bits per heavy atom. The second-order valence-corrected chi connectivity index (χ2v) is 6.50. The van der Waals surface area contributed by atoms with E-state index in [0.717, 1.165) is 22.3 Å². The number of methoxy groups -OCH3 is 1. The Morgan fingerprint density at radius 3 is 2.77 bits per heavy atom. The topological polar surface area (TPSA) is 112 Å². The number of imidazole rings is 2. The average molecular weight is 408 g/mol. The molecule has 30 heavy (non-hydrogen) atoms. The first-order valence-corrected chi connectivity index (χ1v) is 9.23. The van der Waals surface area contributed by atoms with Gasteiger partial charge in [-0.05, 0) is 36.4 Å². The van der Waals surface area contributed by atoms with Crippen LogP contribution in [0, 0.1) is 0 Å². The molecule has 0 unspecified atom stereocenters. The lowest BCUT2D eigenvalue weighted by molar-refractivity contribution is -0.139. The fourth-order valence-corrected chi connectivity index (χ4v) is 3.28. The molecule has 2 N–H and O–H groups in total. The summed E-state index contributed by atoms with van der Waals surface area (Å²) < 4.78 is 14.4. The Morgan fingerprint density at radius 1 is 1.13 bits per heavy atom. The smallest absolute Gasteiger partial charge is 0.341 e. The van der Waals surface area contributed by atoms with E-state index in [1.54, 1.807) is 24.7 Å². The van der Waals surface area contributed by atoms with E-state index in [2.05, 4.69) is 9.97 Å². The third-order valence-corrected chi connectivity index (χ3v) is 4.64. The Balaban J connectivity index is 1.72. The van der Waals surface area contributed by atoms with E-state index >= 15 is 0 Å². The number of hydrogen-bond donors (Lipinski definition) is 2. The number of hydrogen-bond acceptors (Lipinski definition) is 6. The van der Waals surface area contributed by atoms with E-state index < -0.39 is 12.6 Å². The molecule has 2 aromatic carbocycles. The van der Waals surface area contributed by atoms with Gasteiger partial charge in [0, 0.05) is 30.2 Å². The van der Waals surface area contributed by atoms with Crippen molar-refractivity contribution in [3.05, 3.63) is 55.1 Å². The second kappa shape index (κ2) is 8.26. The summed E-state index contributed by atoms with van der Waals surface area (Å²) >= 11 is 0. The third kappa shape index (κ3) is 3.70. The maximum atomic E-state index is 10.9. The van der Waals surface area contributed by atoms with Gasteiger partial charge in [-0.2, -0.15) is 0 Å². The van der Waals surface area contributed by atoms with Crippen molar-refractivity contribution in [2.45, 2.75) is 6.54 Å².